The zero-order valence-corrected chi connectivity index (χ0v) is 11.4. The molecule has 0 fully saturated rings. The molecule has 2 aromatic carbocycles. The van der Waals surface area contributed by atoms with Crippen molar-refractivity contribution in [3.63, 3.8) is 0 Å². The highest BCUT2D eigenvalue weighted by atomic mass is 19.4. The van der Waals surface area contributed by atoms with Crippen molar-refractivity contribution in [2.45, 2.75) is 12.9 Å². The van der Waals surface area contributed by atoms with Gasteiger partial charge in [0.05, 0.1) is 0 Å². The summed E-state index contributed by atoms with van der Waals surface area (Å²) >= 11 is 0. The second-order valence-corrected chi connectivity index (χ2v) is 4.64. The summed E-state index contributed by atoms with van der Waals surface area (Å²) in [4.78, 5) is 1.95. The fourth-order valence-corrected chi connectivity index (χ4v) is 1.92. The van der Waals surface area contributed by atoms with Crippen LogP contribution in [0.25, 0.3) is 0 Å². The van der Waals surface area contributed by atoms with Crippen LogP contribution in [0.5, 0.6) is 5.75 Å². The van der Waals surface area contributed by atoms with Gasteiger partial charge in [-0.1, -0.05) is 18.2 Å². The van der Waals surface area contributed by atoms with E-state index >= 15 is 0 Å². The van der Waals surface area contributed by atoms with Gasteiger partial charge in [-0.05, 0) is 35.9 Å². The molecule has 21 heavy (non-hydrogen) atoms. The third kappa shape index (κ3) is 4.59. The molecule has 112 valence electrons. The van der Waals surface area contributed by atoms with Crippen molar-refractivity contribution in [3.05, 3.63) is 54.1 Å². The van der Waals surface area contributed by atoms with Crippen LogP contribution in [-0.4, -0.2) is 13.4 Å². The number of rotatable bonds is 4. The lowest BCUT2D eigenvalue weighted by Crippen LogP contribution is -2.18. The lowest BCUT2D eigenvalue weighted by Gasteiger charge is -2.20. The number of anilines is 2. The molecular formula is C15H15F3N2O. The summed E-state index contributed by atoms with van der Waals surface area (Å²) in [6.07, 6.45) is -4.67. The number of halogens is 3. The number of hydrogen-bond acceptors (Lipinski definition) is 3. The lowest BCUT2D eigenvalue weighted by molar-refractivity contribution is -0.274. The molecule has 0 radical (unpaired) electrons. The molecule has 2 aromatic rings. The number of alkyl halides is 3. The van der Waals surface area contributed by atoms with Crippen LogP contribution in [0.2, 0.25) is 0 Å². The normalized spacial score (nSPS) is 11.2. The molecule has 6 heteroatoms. The van der Waals surface area contributed by atoms with Crippen LogP contribution < -0.4 is 15.4 Å². The zero-order valence-electron chi connectivity index (χ0n) is 11.4. The van der Waals surface area contributed by atoms with Gasteiger partial charge in [0.25, 0.3) is 0 Å². The molecule has 0 saturated heterocycles. The second kappa shape index (κ2) is 5.95. The molecule has 0 aliphatic heterocycles. The average Bonchev–Trinajstić information content (AvgIpc) is 2.39. The first-order chi connectivity index (χ1) is 9.83. The monoisotopic (exact) mass is 296 g/mol. The van der Waals surface area contributed by atoms with Gasteiger partial charge in [-0.15, -0.1) is 13.2 Å². The smallest absolute Gasteiger partial charge is 0.406 e. The van der Waals surface area contributed by atoms with E-state index in [0.717, 1.165) is 11.3 Å². The fraction of sp³-hybridized carbons (Fsp3) is 0.200. The van der Waals surface area contributed by atoms with E-state index in [1.165, 1.54) is 12.1 Å². The minimum Gasteiger partial charge on any atom is -0.406 e. The van der Waals surface area contributed by atoms with Crippen LogP contribution in [0.3, 0.4) is 0 Å². The van der Waals surface area contributed by atoms with Crippen molar-refractivity contribution in [2.75, 3.05) is 17.7 Å². The molecule has 3 nitrogen and oxygen atoms in total. The summed E-state index contributed by atoms with van der Waals surface area (Å²) < 4.78 is 40.0. The molecule has 0 saturated carbocycles. The Morgan fingerprint density at radius 3 is 2.33 bits per heavy atom. The van der Waals surface area contributed by atoms with Crippen molar-refractivity contribution in [1.29, 1.82) is 0 Å². The Morgan fingerprint density at radius 2 is 1.76 bits per heavy atom. The molecule has 0 aliphatic carbocycles. The Labute approximate surface area is 120 Å². The third-order valence-corrected chi connectivity index (χ3v) is 2.89. The van der Waals surface area contributed by atoms with Gasteiger partial charge in [0, 0.05) is 25.0 Å². The third-order valence-electron chi connectivity index (χ3n) is 2.89. The van der Waals surface area contributed by atoms with E-state index in [2.05, 4.69) is 4.74 Å². The highest BCUT2D eigenvalue weighted by Crippen LogP contribution is 2.24. The van der Waals surface area contributed by atoms with Gasteiger partial charge in [0.2, 0.25) is 0 Å². The highest BCUT2D eigenvalue weighted by molar-refractivity contribution is 5.55. The van der Waals surface area contributed by atoms with Crippen molar-refractivity contribution >= 4 is 11.4 Å². The largest absolute Gasteiger partial charge is 0.573 e. The van der Waals surface area contributed by atoms with Gasteiger partial charge < -0.3 is 15.4 Å². The quantitative estimate of drug-likeness (QED) is 0.872. The highest BCUT2D eigenvalue weighted by Gasteiger charge is 2.30. The van der Waals surface area contributed by atoms with Crippen molar-refractivity contribution in [3.8, 4) is 5.75 Å². The Kier molecular flexibility index (Phi) is 4.26. The van der Waals surface area contributed by atoms with Crippen molar-refractivity contribution < 1.29 is 17.9 Å². The molecule has 0 heterocycles. The topological polar surface area (TPSA) is 38.5 Å². The maximum atomic E-state index is 12.1. The molecule has 0 spiro atoms. The number of ether oxygens (including phenoxy) is 1. The van der Waals surface area contributed by atoms with Gasteiger partial charge in [0.1, 0.15) is 5.75 Å². The number of nitrogens with zero attached hydrogens (tertiary/aromatic N) is 1. The number of nitrogens with two attached hydrogens (primary N) is 1. The molecule has 0 unspecified atom stereocenters. The van der Waals surface area contributed by atoms with Crippen LogP contribution in [0.15, 0.2) is 48.5 Å². The molecule has 2 N–H and O–H groups in total. The van der Waals surface area contributed by atoms with Crippen molar-refractivity contribution in [2.24, 2.45) is 0 Å². The number of benzene rings is 2. The van der Waals surface area contributed by atoms with E-state index < -0.39 is 6.36 Å². The molecule has 0 amide bonds. The van der Waals surface area contributed by atoms with Gasteiger partial charge in [-0.3, -0.25) is 0 Å². The Hall–Kier alpha value is -2.37. The maximum Gasteiger partial charge on any atom is 0.573 e. The molecular weight excluding hydrogens is 281 g/mol. The van der Waals surface area contributed by atoms with Gasteiger partial charge >= 0.3 is 6.36 Å². The van der Waals surface area contributed by atoms with E-state index in [9.17, 15) is 13.2 Å². The number of hydrogen-bond donors (Lipinski definition) is 1. The summed E-state index contributed by atoms with van der Waals surface area (Å²) in [6.45, 7) is 0.551. The summed E-state index contributed by atoms with van der Waals surface area (Å²) in [6, 6.07) is 13.2. The zero-order chi connectivity index (χ0) is 15.5. The van der Waals surface area contributed by atoms with Crippen LogP contribution in [0.1, 0.15) is 5.56 Å². The second-order valence-electron chi connectivity index (χ2n) is 4.64. The van der Waals surface area contributed by atoms with Crippen LogP contribution in [0, 0.1) is 0 Å². The predicted octanol–water partition coefficient (Wildman–Crippen LogP) is 3.80. The first kappa shape index (κ1) is 15.0. The first-order valence-corrected chi connectivity index (χ1v) is 6.25. The van der Waals surface area contributed by atoms with E-state index in [0.29, 0.717) is 12.2 Å². The van der Waals surface area contributed by atoms with Crippen LogP contribution in [-0.2, 0) is 6.54 Å². The van der Waals surface area contributed by atoms with Gasteiger partial charge in [-0.2, -0.15) is 0 Å². The van der Waals surface area contributed by atoms with Gasteiger partial charge in [0.15, 0.2) is 0 Å². The standard InChI is InChI=1S/C15H15F3N2O/c1-20(13-4-2-3-12(19)9-13)10-11-5-7-14(8-6-11)21-15(16,17)18/h2-9H,10,19H2,1H3. The SMILES string of the molecule is CN(Cc1ccc(OC(F)(F)F)cc1)c1cccc(N)c1. The van der Waals surface area contributed by atoms with Crippen molar-refractivity contribution in [1.82, 2.24) is 0 Å². The van der Waals surface area contributed by atoms with E-state index in [1.54, 1.807) is 18.2 Å². The minimum absolute atomic E-state index is 0.224. The maximum absolute atomic E-state index is 12.1. The average molecular weight is 296 g/mol. The Balaban J connectivity index is 2.03. The summed E-state index contributed by atoms with van der Waals surface area (Å²) in [7, 11) is 1.88. The molecule has 0 bridgehead atoms. The predicted molar refractivity (Wildman–Crippen MR) is 76.1 cm³/mol. The van der Waals surface area contributed by atoms with E-state index in [1.807, 2.05) is 30.1 Å². The first-order valence-electron chi connectivity index (χ1n) is 6.25. The minimum atomic E-state index is -4.67. The summed E-state index contributed by atoms with van der Waals surface area (Å²) in [5.74, 6) is -0.224. The van der Waals surface area contributed by atoms with E-state index in [4.69, 9.17) is 5.73 Å². The van der Waals surface area contributed by atoms with Crippen LogP contribution >= 0.6 is 0 Å². The molecule has 2 rings (SSSR count). The Morgan fingerprint density at radius 1 is 1.10 bits per heavy atom. The molecule has 0 aliphatic rings. The number of nitrogen functional groups attached to an aromatic ring is 1. The molecule has 0 aromatic heterocycles. The van der Waals surface area contributed by atoms with E-state index in [-0.39, 0.29) is 5.75 Å². The molecule has 0 atom stereocenters. The summed E-state index contributed by atoms with van der Waals surface area (Å²) in [5.41, 5.74) is 8.18. The summed E-state index contributed by atoms with van der Waals surface area (Å²) in [5, 5.41) is 0. The van der Waals surface area contributed by atoms with Gasteiger partial charge in [-0.25, -0.2) is 0 Å². The van der Waals surface area contributed by atoms with Crippen LogP contribution in [0.4, 0.5) is 24.5 Å². The Bertz CT molecular complexity index is 597. The lowest BCUT2D eigenvalue weighted by atomic mass is 10.2. The fourth-order valence-electron chi connectivity index (χ4n) is 1.92.